The van der Waals surface area contributed by atoms with Crippen LogP contribution in [0.3, 0.4) is 0 Å². The minimum Gasteiger partial charge on any atom is -0.497 e. The molecule has 3 amide bonds. The summed E-state index contributed by atoms with van der Waals surface area (Å²) in [5.41, 5.74) is 0.845. The zero-order chi connectivity index (χ0) is 21.4. The Morgan fingerprint density at radius 1 is 1.17 bits per heavy atom. The maximum Gasteiger partial charge on any atom is 0.328 e. The molecule has 0 spiro atoms. The monoisotopic (exact) mass is 406 g/mol. The van der Waals surface area contributed by atoms with E-state index in [2.05, 4.69) is 16.0 Å². The van der Waals surface area contributed by atoms with Crippen LogP contribution in [0.25, 0.3) is 0 Å². The Hall–Kier alpha value is -2.81. The zero-order valence-electron chi connectivity index (χ0n) is 17.4. The highest BCUT2D eigenvalue weighted by Gasteiger charge is 2.34. The van der Waals surface area contributed by atoms with Crippen LogP contribution in [0, 0.1) is 0 Å². The van der Waals surface area contributed by atoms with Crippen molar-refractivity contribution in [3.05, 3.63) is 29.8 Å². The quantitative estimate of drug-likeness (QED) is 0.562. The molecule has 29 heavy (non-hydrogen) atoms. The van der Waals surface area contributed by atoms with E-state index in [9.17, 15) is 14.4 Å². The van der Waals surface area contributed by atoms with Gasteiger partial charge < -0.3 is 30.3 Å². The summed E-state index contributed by atoms with van der Waals surface area (Å²) >= 11 is 0. The average Bonchev–Trinajstić information content (AvgIpc) is 2.72. The molecule has 1 aliphatic heterocycles. The fourth-order valence-corrected chi connectivity index (χ4v) is 3.11. The van der Waals surface area contributed by atoms with Crippen molar-refractivity contribution in [1.29, 1.82) is 0 Å². The first-order valence-electron chi connectivity index (χ1n) is 9.64. The molecule has 160 valence electrons. The fourth-order valence-electron chi connectivity index (χ4n) is 3.11. The van der Waals surface area contributed by atoms with Crippen LogP contribution in [0.2, 0.25) is 0 Å². The summed E-state index contributed by atoms with van der Waals surface area (Å²) in [6.07, 6.45) is 0.265. The number of ether oxygens (including phenoxy) is 2. The number of rotatable bonds is 7. The summed E-state index contributed by atoms with van der Waals surface area (Å²) in [6, 6.07) is 5.30. The van der Waals surface area contributed by atoms with Crippen LogP contribution in [0.15, 0.2) is 24.3 Å². The Morgan fingerprint density at radius 2 is 1.86 bits per heavy atom. The summed E-state index contributed by atoms with van der Waals surface area (Å²) in [4.78, 5) is 39.1. The third-order valence-corrected chi connectivity index (χ3v) is 4.62. The van der Waals surface area contributed by atoms with Gasteiger partial charge in [0.2, 0.25) is 5.91 Å². The molecule has 1 aromatic rings. The van der Waals surface area contributed by atoms with Gasteiger partial charge in [0.05, 0.1) is 14.2 Å². The number of esters is 1. The van der Waals surface area contributed by atoms with Crippen LogP contribution in [0.1, 0.15) is 19.4 Å². The molecule has 0 aliphatic carbocycles. The second-order valence-corrected chi connectivity index (χ2v) is 7.15. The number of hydrogen-bond donors (Lipinski definition) is 3. The molecule has 1 heterocycles. The molecule has 2 rings (SSSR count). The molecule has 1 saturated heterocycles. The standard InChI is InChI=1S/C20H30N4O5/c1-13(2)22-20(27)24-10-9-21-12-17(24)18(25)23-16(19(26)29-4)11-14-5-7-15(28-3)8-6-14/h5-8,13,16-17,21H,9-12H2,1-4H3,(H,22,27)(H,23,25). The highest BCUT2D eigenvalue weighted by molar-refractivity contribution is 5.91. The van der Waals surface area contributed by atoms with Gasteiger partial charge in [-0.25, -0.2) is 9.59 Å². The van der Waals surface area contributed by atoms with Crippen molar-refractivity contribution in [2.24, 2.45) is 0 Å². The molecule has 0 saturated carbocycles. The van der Waals surface area contributed by atoms with Gasteiger partial charge in [0, 0.05) is 32.1 Å². The predicted octanol–water partition coefficient (Wildman–Crippen LogP) is 0.287. The van der Waals surface area contributed by atoms with E-state index in [4.69, 9.17) is 9.47 Å². The second kappa shape index (κ2) is 10.7. The van der Waals surface area contributed by atoms with Crippen LogP contribution < -0.4 is 20.7 Å². The Morgan fingerprint density at radius 3 is 2.45 bits per heavy atom. The first kappa shape index (κ1) is 22.5. The third kappa shape index (κ3) is 6.35. The van der Waals surface area contributed by atoms with Crippen molar-refractivity contribution in [3.8, 4) is 5.75 Å². The normalized spacial score (nSPS) is 17.4. The maximum absolute atomic E-state index is 12.9. The lowest BCUT2D eigenvalue weighted by atomic mass is 10.0. The SMILES string of the molecule is COC(=O)C(Cc1ccc(OC)cc1)NC(=O)C1CNCCN1C(=O)NC(C)C. The number of hydrogen-bond acceptors (Lipinski definition) is 6. The lowest BCUT2D eigenvalue weighted by Crippen LogP contribution is -2.63. The number of urea groups is 1. The van der Waals surface area contributed by atoms with Crippen molar-refractivity contribution in [3.63, 3.8) is 0 Å². The molecular formula is C20H30N4O5. The minimum absolute atomic E-state index is 0.0426. The third-order valence-electron chi connectivity index (χ3n) is 4.62. The van der Waals surface area contributed by atoms with Gasteiger partial charge in [0.1, 0.15) is 17.8 Å². The van der Waals surface area contributed by atoms with E-state index in [0.29, 0.717) is 25.4 Å². The Kier molecular flexibility index (Phi) is 8.26. The molecule has 9 nitrogen and oxygen atoms in total. The van der Waals surface area contributed by atoms with Crippen LogP contribution >= 0.6 is 0 Å². The van der Waals surface area contributed by atoms with E-state index in [1.54, 1.807) is 19.2 Å². The Labute approximate surface area is 171 Å². The first-order valence-corrected chi connectivity index (χ1v) is 9.64. The van der Waals surface area contributed by atoms with Gasteiger partial charge in [-0.05, 0) is 31.5 Å². The Balaban J connectivity index is 2.10. The maximum atomic E-state index is 12.9. The van der Waals surface area contributed by atoms with Gasteiger partial charge in [-0.2, -0.15) is 0 Å². The average molecular weight is 406 g/mol. The van der Waals surface area contributed by atoms with Gasteiger partial charge in [0.25, 0.3) is 0 Å². The first-order chi connectivity index (χ1) is 13.8. The summed E-state index contributed by atoms with van der Waals surface area (Å²) in [7, 11) is 2.85. The molecule has 1 fully saturated rings. The lowest BCUT2D eigenvalue weighted by Gasteiger charge is -2.36. The molecule has 1 aromatic carbocycles. The molecule has 3 N–H and O–H groups in total. The van der Waals surface area contributed by atoms with Gasteiger partial charge in [0.15, 0.2) is 0 Å². The van der Waals surface area contributed by atoms with Gasteiger partial charge >= 0.3 is 12.0 Å². The van der Waals surface area contributed by atoms with E-state index in [1.807, 2.05) is 26.0 Å². The van der Waals surface area contributed by atoms with Crippen molar-refractivity contribution >= 4 is 17.9 Å². The van der Waals surface area contributed by atoms with Gasteiger partial charge in [-0.15, -0.1) is 0 Å². The van der Waals surface area contributed by atoms with E-state index in [-0.39, 0.29) is 18.5 Å². The number of methoxy groups -OCH3 is 2. The molecular weight excluding hydrogens is 376 g/mol. The fraction of sp³-hybridized carbons (Fsp3) is 0.550. The summed E-state index contributed by atoms with van der Waals surface area (Å²) in [5, 5.41) is 8.68. The number of piperazine rings is 1. The van der Waals surface area contributed by atoms with Crippen LogP contribution in [0.4, 0.5) is 4.79 Å². The number of nitrogens with zero attached hydrogens (tertiary/aromatic N) is 1. The smallest absolute Gasteiger partial charge is 0.328 e. The van der Waals surface area contributed by atoms with E-state index in [1.165, 1.54) is 12.0 Å². The van der Waals surface area contributed by atoms with Gasteiger partial charge in [-0.3, -0.25) is 4.79 Å². The molecule has 2 unspecified atom stereocenters. The number of amides is 3. The van der Waals surface area contributed by atoms with Crippen molar-refractivity contribution < 1.29 is 23.9 Å². The predicted molar refractivity (Wildman–Crippen MR) is 108 cm³/mol. The molecule has 0 radical (unpaired) electrons. The van der Waals surface area contributed by atoms with E-state index >= 15 is 0 Å². The molecule has 2 atom stereocenters. The molecule has 0 aromatic heterocycles. The zero-order valence-corrected chi connectivity index (χ0v) is 17.4. The van der Waals surface area contributed by atoms with Crippen molar-refractivity contribution in [2.75, 3.05) is 33.9 Å². The number of nitrogens with one attached hydrogen (secondary N) is 3. The molecule has 1 aliphatic rings. The topological polar surface area (TPSA) is 109 Å². The number of carbonyl (C=O) groups is 3. The summed E-state index contributed by atoms with van der Waals surface area (Å²) in [6.45, 7) is 5.03. The lowest BCUT2D eigenvalue weighted by molar-refractivity contribution is -0.145. The van der Waals surface area contributed by atoms with Crippen LogP contribution in [-0.4, -0.2) is 74.8 Å². The van der Waals surface area contributed by atoms with E-state index in [0.717, 1.165) is 5.56 Å². The van der Waals surface area contributed by atoms with Gasteiger partial charge in [-0.1, -0.05) is 12.1 Å². The summed E-state index contributed by atoms with van der Waals surface area (Å²) < 4.78 is 9.99. The number of benzene rings is 1. The molecule has 0 bridgehead atoms. The largest absolute Gasteiger partial charge is 0.497 e. The molecule has 9 heteroatoms. The van der Waals surface area contributed by atoms with Crippen LogP contribution in [-0.2, 0) is 20.7 Å². The summed E-state index contributed by atoms with van der Waals surface area (Å²) in [5.74, 6) is -0.247. The van der Waals surface area contributed by atoms with E-state index < -0.39 is 24.0 Å². The highest BCUT2D eigenvalue weighted by Crippen LogP contribution is 2.14. The number of carbonyl (C=O) groups excluding carboxylic acids is 3. The Bertz CT molecular complexity index is 707. The van der Waals surface area contributed by atoms with Crippen molar-refractivity contribution in [1.82, 2.24) is 20.9 Å². The second-order valence-electron chi connectivity index (χ2n) is 7.15. The van der Waals surface area contributed by atoms with Crippen molar-refractivity contribution in [2.45, 2.75) is 38.4 Å². The van der Waals surface area contributed by atoms with Crippen LogP contribution in [0.5, 0.6) is 5.75 Å². The minimum atomic E-state index is -0.863. The highest BCUT2D eigenvalue weighted by atomic mass is 16.5.